The van der Waals surface area contributed by atoms with E-state index in [1.165, 1.54) is 18.2 Å². The van der Waals surface area contributed by atoms with Gasteiger partial charge in [0, 0.05) is 11.7 Å². The van der Waals surface area contributed by atoms with Crippen molar-refractivity contribution in [3.63, 3.8) is 0 Å². The van der Waals surface area contributed by atoms with Crippen molar-refractivity contribution >= 4 is 16.0 Å². The number of carbonyl (C=O) groups is 1. The molecule has 1 saturated heterocycles. The first-order valence-electron chi connectivity index (χ1n) is 7.14. The van der Waals surface area contributed by atoms with E-state index < -0.39 is 16.0 Å². The summed E-state index contributed by atoms with van der Waals surface area (Å²) in [6.07, 6.45) is 1.87. The molecule has 2 N–H and O–H groups in total. The molecule has 120 valence electrons. The monoisotopic (exact) mass is 324 g/mol. The van der Waals surface area contributed by atoms with Crippen LogP contribution in [0.2, 0.25) is 0 Å². The molecule has 1 aromatic carbocycles. The van der Waals surface area contributed by atoms with Gasteiger partial charge in [0.2, 0.25) is 0 Å². The maximum atomic E-state index is 12.4. The van der Waals surface area contributed by atoms with Crippen LogP contribution in [0.15, 0.2) is 41.4 Å². The van der Waals surface area contributed by atoms with Gasteiger partial charge in [-0.05, 0) is 44.1 Å². The molecule has 1 aliphatic heterocycles. The van der Waals surface area contributed by atoms with Gasteiger partial charge in [-0.2, -0.15) is 0 Å². The third-order valence-corrected chi connectivity index (χ3v) is 5.23. The minimum atomic E-state index is -3.82. The number of benzene rings is 1. The lowest BCUT2D eigenvalue weighted by atomic mass is 10.2. The minimum Gasteiger partial charge on any atom is -0.478 e. The number of carboxylic acids is 1. The van der Waals surface area contributed by atoms with Crippen LogP contribution in [0.1, 0.15) is 30.1 Å². The van der Waals surface area contributed by atoms with Gasteiger partial charge in [-0.25, -0.2) is 13.2 Å². The van der Waals surface area contributed by atoms with Crippen LogP contribution in [0, 0.1) is 0 Å². The van der Waals surface area contributed by atoms with Crippen LogP contribution in [-0.4, -0.2) is 43.5 Å². The Morgan fingerprint density at radius 3 is 2.86 bits per heavy atom. The first-order valence-corrected chi connectivity index (χ1v) is 8.62. The van der Waals surface area contributed by atoms with Gasteiger partial charge >= 0.3 is 5.97 Å². The van der Waals surface area contributed by atoms with Crippen molar-refractivity contribution in [2.24, 2.45) is 0 Å². The van der Waals surface area contributed by atoms with Gasteiger partial charge in [0.15, 0.2) is 0 Å². The Kier molecular flexibility index (Phi) is 4.87. The first-order chi connectivity index (χ1) is 10.3. The molecule has 0 amide bonds. The Morgan fingerprint density at radius 1 is 1.50 bits per heavy atom. The van der Waals surface area contributed by atoms with Gasteiger partial charge in [0.05, 0.1) is 10.5 Å². The highest BCUT2D eigenvalue weighted by molar-refractivity contribution is 7.89. The third-order valence-electron chi connectivity index (χ3n) is 3.83. The molecule has 0 aliphatic carbocycles. The molecule has 7 heteroatoms. The van der Waals surface area contributed by atoms with E-state index in [1.807, 2.05) is 6.92 Å². The molecule has 1 atom stereocenters. The average Bonchev–Trinajstić information content (AvgIpc) is 2.95. The summed E-state index contributed by atoms with van der Waals surface area (Å²) in [7, 11) is -3.82. The van der Waals surface area contributed by atoms with Gasteiger partial charge in [-0.3, -0.25) is 9.62 Å². The molecule has 0 aromatic heterocycles. The summed E-state index contributed by atoms with van der Waals surface area (Å²) in [5.74, 6) is -1.16. The Bertz CT molecular complexity index is 685. The highest BCUT2D eigenvalue weighted by Crippen LogP contribution is 2.22. The van der Waals surface area contributed by atoms with Crippen LogP contribution in [0.25, 0.3) is 0 Å². The highest BCUT2D eigenvalue weighted by Gasteiger charge is 2.28. The summed E-state index contributed by atoms with van der Waals surface area (Å²) in [4.78, 5) is 13.0. The fourth-order valence-electron chi connectivity index (χ4n) is 2.70. The number of carboxylic acid groups (broad SMARTS) is 1. The van der Waals surface area contributed by atoms with Gasteiger partial charge in [0.25, 0.3) is 10.0 Å². The van der Waals surface area contributed by atoms with Crippen molar-refractivity contribution in [2.45, 2.75) is 30.7 Å². The minimum absolute atomic E-state index is 0.0116. The quantitative estimate of drug-likeness (QED) is 0.831. The number of hydrogen-bond acceptors (Lipinski definition) is 4. The molecule has 0 radical (unpaired) electrons. The number of likely N-dealkylation sites (N-methyl/N-ethyl adjacent to an activating group) is 1. The van der Waals surface area contributed by atoms with E-state index in [1.54, 1.807) is 0 Å². The Hall–Kier alpha value is -1.86. The lowest BCUT2D eigenvalue weighted by Gasteiger charge is -2.25. The molecular weight excluding hydrogens is 304 g/mol. The second kappa shape index (κ2) is 6.50. The Balaban J connectivity index is 2.19. The zero-order chi connectivity index (χ0) is 16.3. The van der Waals surface area contributed by atoms with E-state index in [4.69, 9.17) is 5.11 Å². The normalized spacial score (nSPS) is 19.0. The number of hydrogen-bond donors (Lipinski definition) is 2. The van der Waals surface area contributed by atoms with E-state index in [0.29, 0.717) is 5.70 Å². The molecule has 1 aliphatic rings. The Labute approximate surface area is 130 Å². The number of nitrogens with zero attached hydrogens (tertiary/aromatic N) is 1. The molecule has 6 nitrogen and oxygen atoms in total. The summed E-state index contributed by atoms with van der Waals surface area (Å²) >= 11 is 0. The summed E-state index contributed by atoms with van der Waals surface area (Å²) in [5.41, 5.74) is 0.365. The Morgan fingerprint density at radius 2 is 2.23 bits per heavy atom. The van der Waals surface area contributed by atoms with E-state index in [0.717, 1.165) is 32.0 Å². The van der Waals surface area contributed by atoms with Gasteiger partial charge in [-0.1, -0.05) is 19.6 Å². The third kappa shape index (κ3) is 3.48. The molecule has 0 unspecified atom stereocenters. The number of rotatable bonds is 6. The van der Waals surface area contributed by atoms with Crippen LogP contribution >= 0.6 is 0 Å². The predicted octanol–water partition coefficient (Wildman–Crippen LogP) is 1.66. The van der Waals surface area contributed by atoms with Crippen molar-refractivity contribution in [1.82, 2.24) is 9.62 Å². The summed E-state index contributed by atoms with van der Waals surface area (Å²) in [6, 6.07) is 5.27. The lowest BCUT2D eigenvalue weighted by molar-refractivity contribution is 0.0696. The van der Waals surface area contributed by atoms with Crippen LogP contribution in [-0.2, 0) is 10.0 Å². The molecule has 22 heavy (non-hydrogen) atoms. The molecule has 1 aromatic rings. The summed E-state index contributed by atoms with van der Waals surface area (Å²) in [6.45, 7) is 7.64. The van der Waals surface area contributed by atoms with Crippen LogP contribution < -0.4 is 4.72 Å². The average molecular weight is 324 g/mol. The number of nitrogens with one attached hydrogen (secondary N) is 1. The summed E-state index contributed by atoms with van der Waals surface area (Å²) in [5, 5.41) is 8.96. The van der Waals surface area contributed by atoms with Gasteiger partial charge < -0.3 is 5.11 Å². The van der Waals surface area contributed by atoms with Crippen molar-refractivity contribution in [2.75, 3.05) is 13.1 Å². The molecule has 1 heterocycles. The standard InChI is InChI=1S/C15H20N2O4S/c1-3-17-9-5-8-14(17)11(2)16-22(20,21)13-7-4-6-12(10-13)15(18)19/h4,6-7,10,14,16H,2-3,5,8-9H2,1H3,(H,18,19)/t14-/m0/s1. The SMILES string of the molecule is C=C(NS(=O)(=O)c1cccc(C(=O)O)c1)[C@@H]1CCCN1CC. The fraction of sp³-hybridized carbons (Fsp3) is 0.400. The highest BCUT2D eigenvalue weighted by atomic mass is 32.2. The molecule has 0 spiro atoms. The number of aromatic carboxylic acids is 1. The van der Waals surface area contributed by atoms with Gasteiger partial charge in [-0.15, -0.1) is 0 Å². The largest absolute Gasteiger partial charge is 0.478 e. The van der Waals surface area contributed by atoms with Crippen LogP contribution in [0.3, 0.4) is 0 Å². The zero-order valence-corrected chi connectivity index (χ0v) is 13.3. The maximum Gasteiger partial charge on any atom is 0.335 e. The molecule has 0 bridgehead atoms. The second-order valence-corrected chi connectivity index (χ2v) is 6.93. The van der Waals surface area contributed by atoms with E-state index in [-0.39, 0.29) is 16.5 Å². The van der Waals surface area contributed by atoms with E-state index >= 15 is 0 Å². The van der Waals surface area contributed by atoms with Crippen LogP contribution in [0.5, 0.6) is 0 Å². The van der Waals surface area contributed by atoms with Crippen molar-refractivity contribution in [3.8, 4) is 0 Å². The van der Waals surface area contributed by atoms with E-state index in [9.17, 15) is 13.2 Å². The lowest BCUT2D eigenvalue weighted by Crippen LogP contribution is -2.37. The zero-order valence-electron chi connectivity index (χ0n) is 12.4. The molecule has 1 fully saturated rings. The van der Waals surface area contributed by atoms with Crippen LogP contribution in [0.4, 0.5) is 0 Å². The van der Waals surface area contributed by atoms with E-state index in [2.05, 4.69) is 16.2 Å². The first kappa shape index (κ1) is 16.5. The van der Waals surface area contributed by atoms with Crippen molar-refractivity contribution in [1.29, 1.82) is 0 Å². The van der Waals surface area contributed by atoms with Crippen molar-refractivity contribution < 1.29 is 18.3 Å². The number of sulfonamides is 1. The van der Waals surface area contributed by atoms with Gasteiger partial charge in [0.1, 0.15) is 0 Å². The topological polar surface area (TPSA) is 86.7 Å². The summed E-state index contributed by atoms with van der Waals surface area (Å²) < 4.78 is 27.3. The fourth-order valence-corrected chi connectivity index (χ4v) is 3.83. The molecule has 2 rings (SSSR count). The number of likely N-dealkylation sites (tertiary alicyclic amines) is 1. The smallest absolute Gasteiger partial charge is 0.335 e. The molecular formula is C15H20N2O4S. The second-order valence-electron chi connectivity index (χ2n) is 5.25. The van der Waals surface area contributed by atoms with Crippen molar-refractivity contribution in [3.05, 3.63) is 42.1 Å². The predicted molar refractivity (Wildman–Crippen MR) is 83.1 cm³/mol. The molecule has 0 saturated carbocycles. The maximum absolute atomic E-state index is 12.4.